The van der Waals surface area contributed by atoms with Gasteiger partial charge in [-0.15, -0.1) is 0 Å². The van der Waals surface area contributed by atoms with Crippen LogP contribution in [-0.2, 0) is 14.3 Å². The molecule has 2 aliphatic rings. The van der Waals surface area contributed by atoms with Gasteiger partial charge >= 0.3 is 5.97 Å². The normalized spacial score (nSPS) is 39.3. The van der Waals surface area contributed by atoms with E-state index in [0.29, 0.717) is 12.8 Å². The Morgan fingerprint density at radius 3 is 2.62 bits per heavy atom. The predicted molar refractivity (Wildman–Crippen MR) is 79.5 cm³/mol. The van der Waals surface area contributed by atoms with E-state index >= 15 is 0 Å². The summed E-state index contributed by atoms with van der Waals surface area (Å²) in [5, 5.41) is 10.3. The first-order valence-corrected chi connectivity index (χ1v) is 7.42. The molecular formula is C17H24O4. The molecule has 0 unspecified atom stereocenters. The van der Waals surface area contributed by atoms with Crippen molar-refractivity contribution in [2.45, 2.75) is 52.7 Å². The Morgan fingerprint density at radius 1 is 1.48 bits per heavy atom. The van der Waals surface area contributed by atoms with Crippen LogP contribution in [0.15, 0.2) is 23.8 Å². The predicted octanol–water partition coefficient (Wildman–Crippen LogP) is 2.42. The van der Waals surface area contributed by atoms with Gasteiger partial charge in [0.1, 0.15) is 6.10 Å². The number of allylic oxidation sites excluding steroid dienone is 2. The summed E-state index contributed by atoms with van der Waals surface area (Å²) in [6.45, 7) is 11.2. The smallest absolute Gasteiger partial charge is 0.303 e. The highest BCUT2D eigenvalue weighted by atomic mass is 16.6. The van der Waals surface area contributed by atoms with Crippen LogP contribution in [0, 0.1) is 17.3 Å². The van der Waals surface area contributed by atoms with Gasteiger partial charge in [-0.1, -0.05) is 31.6 Å². The number of esters is 1. The third kappa shape index (κ3) is 2.69. The standard InChI is InChI=1S/C17H24O4/c1-9(2)13-8-17(5)10(3)16(21-11(4)18)15(20)7-12(17)6-14(13)19/h6,10,13,15-16,20H,1,7-8H2,2-5H3/t10-,13-,15-,16-,17+/m0/s1. The number of aliphatic hydroxyl groups is 1. The van der Waals surface area contributed by atoms with Gasteiger partial charge in [-0.25, -0.2) is 0 Å². The number of rotatable bonds is 2. The molecule has 0 saturated heterocycles. The summed E-state index contributed by atoms with van der Waals surface area (Å²) in [5.74, 6) is -0.550. The lowest BCUT2D eigenvalue weighted by atomic mass is 9.56. The Kier molecular flexibility index (Phi) is 4.11. The molecule has 0 aromatic rings. The van der Waals surface area contributed by atoms with Crippen LogP contribution in [0.4, 0.5) is 0 Å². The van der Waals surface area contributed by atoms with E-state index in [0.717, 1.165) is 11.1 Å². The number of ether oxygens (including phenoxy) is 1. The summed E-state index contributed by atoms with van der Waals surface area (Å²) in [4.78, 5) is 23.5. The lowest BCUT2D eigenvalue weighted by molar-refractivity contribution is -0.164. The first-order valence-electron chi connectivity index (χ1n) is 7.42. The van der Waals surface area contributed by atoms with Crippen molar-refractivity contribution in [3.8, 4) is 0 Å². The number of carbonyl (C=O) groups is 2. The number of fused-ring (bicyclic) bond motifs is 1. The van der Waals surface area contributed by atoms with Crippen molar-refractivity contribution in [2.75, 3.05) is 0 Å². The van der Waals surface area contributed by atoms with Crippen molar-refractivity contribution in [2.24, 2.45) is 17.3 Å². The molecule has 21 heavy (non-hydrogen) atoms. The molecule has 0 bridgehead atoms. The van der Waals surface area contributed by atoms with Gasteiger partial charge in [-0.2, -0.15) is 0 Å². The molecule has 2 rings (SSSR count). The summed E-state index contributed by atoms with van der Waals surface area (Å²) < 4.78 is 5.33. The van der Waals surface area contributed by atoms with E-state index in [4.69, 9.17) is 4.74 Å². The third-order valence-electron chi connectivity index (χ3n) is 5.22. The molecule has 0 amide bonds. The van der Waals surface area contributed by atoms with Gasteiger partial charge in [-0.05, 0) is 31.3 Å². The van der Waals surface area contributed by atoms with Crippen molar-refractivity contribution < 1.29 is 19.4 Å². The zero-order valence-corrected chi connectivity index (χ0v) is 13.2. The van der Waals surface area contributed by atoms with Crippen LogP contribution < -0.4 is 0 Å². The molecule has 5 atom stereocenters. The van der Waals surface area contributed by atoms with Crippen molar-refractivity contribution in [3.05, 3.63) is 23.8 Å². The van der Waals surface area contributed by atoms with E-state index in [1.165, 1.54) is 6.92 Å². The van der Waals surface area contributed by atoms with E-state index in [2.05, 4.69) is 13.5 Å². The second kappa shape index (κ2) is 5.41. The maximum Gasteiger partial charge on any atom is 0.303 e. The highest BCUT2D eigenvalue weighted by Gasteiger charge is 2.51. The summed E-state index contributed by atoms with van der Waals surface area (Å²) in [6.07, 6.45) is 1.44. The van der Waals surface area contributed by atoms with Gasteiger partial charge in [0.05, 0.1) is 6.10 Å². The first kappa shape index (κ1) is 16.0. The van der Waals surface area contributed by atoms with Gasteiger partial charge in [0.15, 0.2) is 5.78 Å². The zero-order valence-electron chi connectivity index (χ0n) is 13.2. The fourth-order valence-corrected chi connectivity index (χ4v) is 3.69. The topological polar surface area (TPSA) is 63.6 Å². The Bertz CT molecular complexity index is 519. The van der Waals surface area contributed by atoms with Crippen molar-refractivity contribution in [3.63, 3.8) is 0 Å². The second-order valence-corrected chi connectivity index (χ2v) is 6.73. The summed E-state index contributed by atoms with van der Waals surface area (Å²) in [7, 11) is 0. The molecule has 1 fully saturated rings. The van der Waals surface area contributed by atoms with Crippen LogP contribution in [0.5, 0.6) is 0 Å². The van der Waals surface area contributed by atoms with Crippen LogP contribution in [0.1, 0.15) is 40.5 Å². The van der Waals surface area contributed by atoms with Crippen LogP contribution in [-0.4, -0.2) is 29.1 Å². The monoisotopic (exact) mass is 292 g/mol. The average molecular weight is 292 g/mol. The highest BCUT2D eigenvalue weighted by Crippen LogP contribution is 2.52. The number of ketones is 1. The SMILES string of the molecule is C=C(C)[C@@H]1C[C@@]2(C)C(=CC1=O)C[C@H](O)[C@@H](OC(C)=O)[C@@H]2C. The van der Waals surface area contributed by atoms with E-state index in [-0.39, 0.29) is 29.0 Å². The number of hydrogen-bond donors (Lipinski definition) is 1. The largest absolute Gasteiger partial charge is 0.459 e. The lowest BCUT2D eigenvalue weighted by Crippen LogP contribution is -2.52. The van der Waals surface area contributed by atoms with E-state index in [1.807, 2.05) is 13.8 Å². The van der Waals surface area contributed by atoms with Gasteiger partial charge in [0.25, 0.3) is 0 Å². The fourth-order valence-electron chi connectivity index (χ4n) is 3.69. The molecule has 4 heteroatoms. The molecule has 0 heterocycles. The van der Waals surface area contributed by atoms with Crippen LogP contribution in [0.2, 0.25) is 0 Å². The van der Waals surface area contributed by atoms with Crippen LogP contribution in [0.3, 0.4) is 0 Å². The molecule has 0 spiro atoms. The molecule has 2 aliphatic carbocycles. The van der Waals surface area contributed by atoms with Gasteiger partial charge in [0, 0.05) is 18.8 Å². The Labute approximate surface area is 125 Å². The van der Waals surface area contributed by atoms with E-state index in [1.54, 1.807) is 6.08 Å². The third-order valence-corrected chi connectivity index (χ3v) is 5.22. The number of carbonyl (C=O) groups excluding carboxylic acids is 2. The summed E-state index contributed by atoms with van der Waals surface area (Å²) in [5.41, 5.74) is 1.57. The molecule has 0 aromatic heterocycles. The minimum Gasteiger partial charge on any atom is -0.459 e. The highest BCUT2D eigenvalue weighted by molar-refractivity contribution is 5.95. The van der Waals surface area contributed by atoms with E-state index < -0.39 is 12.2 Å². The van der Waals surface area contributed by atoms with Gasteiger partial charge < -0.3 is 9.84 Å². The average Bonchev–Trinajstić information content (AvgIpc) is 2.37. The van der Waals surface area contributed by atoms with Gasteiger partial charge in [0.2, 0.25) is 0 Å². The zero-order chi connectivity index (χ0) is 15.9. The number of hydrogen-bond acceptors (Lipinski definition) is 4. The molecule has 0 aromatic carbocycles. The maximum atomic E-state index is 12.2. The molecule has 4 nitrogen and oxygen atoms in total. The summed E-state index contributed by atoms with van der Waals surface area (Å²) >= 11 is 0. The van der Waals surface area contributed by atoms with Crippen molar-refractivity contribution >= 4 is 11.8 Å². The Hall–Kier alpha value is -1.42. The van der Waals surface area contributed by atoms with Crippen molar-refractivity contribution in [1.82, 2.24) is 0 Å². The minimum atomic E-state index is -0.752. The molecule has 1 N–H and O–H groups in total. The molecule has 0 radical (unpaired) electrons. The molecular weight excluding hydrogens is 268 g/mol. The second-order valence-electron chi connectivity index (χ2n) is 6.73. The van der Waals surface area contributed by atoms with Gasteiger partial charge in [-0.3, -0.25) is 9.59 Å². The molecule has 1 saturated carbocycles. The molecule has 0 aliphatic heterocycles. The lowest BCUT2D eigenvalue weighted by Gasteiger charge is -2.50. The van der Waals surface area contributed by atoms with Crippen LogP contribution >= 0.6 is 0 Å². The summed E-state index contributed by atoms with van der Waals surface area (Å²) in [6, 6.07) is 0. The van der Waals surface area contributed by atoms with Crippen molar-refractivity contribution in [1.29, 1.82) is 0 Å². The number of aliphatic hydroxyl groups excluding tert-OH is 1. The van der Waals surface area contributed by atoms with Crippen LogP contribution in [0.25, 0.3) is 0 Å². The minimum absolute atomic E-state index is 0.0497. The first-order chi connectivity index (χ1) is 9.66. The quantitative estimate of drug-likeness (QED) is 0.627. The van der Waals surface area contributed by atoms with E-state index in [9.17, 15) is 14.7 Å². The maximum absolute atomic E-state index is 12.2. The molecule has 116 valence electrons. The Morgan fingerprint density at radius 2 is 2.10 bits per heavy atom. The fraction of sp³-hybridized carbons (Fsp3) is 0.647. The Balaban J connectivity index is 2.38.